The molecule has 1 aliphatic carbocycles. The van der Waals surface area contributed by atoms with Crippen LogP contribution in [0.4, 0.5) is 0 Å². The average Bonchev–Trinajstić information content (AvgIpc) is 3.04. The number of allylic oxidation sites excluding steroid dienone is 1. The molecule has 0 saturated heterocycles. The van der Waals surface area contributed by atoms with Gasteiger partial charge in [0.15, 0.2) is 0 Å². The van der Waals surface area contributed by atoms with Gasteiger partial charge in [-0.15, -0.1) is 0 Å². The van der Waals surface area contributed by atoms with Crippen LogP contribution < -0.4 is 0 Å². The fraction of sp³-hybridized carbons (Fsp3) is 0.316. The minimum atomic E-state index is -0.371. The Bertz CT molecular complexity index is 722. The minimum Gasteiger partial charge on any atom is -0.466 e. The van der Waals surface area contributed by atoms with E-state index >= 15 is 0 Å². The van der Waals surface area contributed by atoms with E-state index in [1.165, 1.54) is 43.6 Å². The van der Waals surface area contributed by atoms with E-state index in [1.807, 2.05) is 19.1 Å². The molecular weight excluding hydrogens is 276 g/mol. The Morgan fingerprint density at radius 1 is 1.14 bits per heavy atom. The number of carbonyl (C=O) groups is 1. The van der Waals surface area contributed by atoms with Gasteiger partial charge in [0, 0.05) is 11.6 Å². The fourth-order valence-electron chi connectivity index (χ4n) is 2.90. The lowest BCUT2D eigenvalue weighted by Crippen LogP contribution is -2.02. The number of benzene rings is 1. The van der Waals surface area contributed by atoms with Crippen LogP contribution >= 0.6 is 0 Å². The van der Waals surface area contributed by atoms with Crippen LogP contribution in [0.25, 0.3) is 16.9 Å². The van der Waals surface area contributed by atoms with Crippen molar-refractivity contribution in [3.63, 3.8) is 0 Å². The number of carbonyl (C=O) groups excluding carboxylic acids is 1. The van der Waals surface area contributed by atoms with E-state index in [4.69, 9.17) is 4.42 Å². The van der Waals surface area contributed by atoms with Crippen LogP contribution in [-0.2, 0) is 22.4 Å². The Balaban J connectivity index is 1.88. The molecule has 3 heteroatoms. The molecule has 0 unspecified atom stereocenters. The van der Waals surface area contributed by atoms with Gasteiger partial charge in [-0.05, 0) is 67.5 Å². The summed E-state index contributed by atoms with van der Waals surface area (Å²) in [6, 6.07) is 10.4. The third-order valence-corrected chi connectivity index (χ3v) is 4.16. The predicted molar refractivity (Wildman–Crippen MR) is 86.5 cm³/mol. The molecule has 0 aliphatic heterocycles. The third kappa shape index (κ3) is 2.98. The maximum atomic E-state index is 11.3. The topological polar surface area (TPSA) is 39.4 Å². The van der Waals surface area contributed by atoms with Crippen molar-refractivity contribution in [3.05, 3.63) is 53.3 Å². The van der Waals surface area contributed by atoms with Crippen molar-refractivity contribution in [2.45, 2.75) is 32.6 Å². The summed E-state index contributed by atoms with van der Waals surface area (Å²) in [5, 5.41) is 0. The maximum Gasteiger partial charge on any atom is 0.330 e. The zero-order chi connectivity index (χ0) is 15.5. The predicted octanol–water partition coefficient (Wildman–Crippen LogP) is 4.40. The van der Waals surface area contributed by atoms with Gasteiger partial charge in [-0.3, -0.25) is 0 Å². The monoisotopic (exact) mass is 296 g/mol. The van der Waals surface area contributed by atoms with E-state index in [0.29, 0.717) is 5.76 Å². The van der Waals surface area contributed by atoms with Crippen molar-refractivity contribution in [3.8, 4) is 11.3 Å². The highest BCUT2D eigenvalue weighted by molar-refractivity contribution is 5.90. The molecule has 1 aromatic heterocycles. The van der Waals surface area contributed by atoms with Crippen LogP contribution in [0.15, 0.2) is 40.8 Å². The lowest BCUT2D eigenvalue weighted by Gasteiger charge is -2.15. The summed E-state index contributed by atoms with van der Waals surface area (Å²) in [4.78, 5) is 11.3. The van der Waals surface area contributed by atoms with Crippen LogP contribution in [0.5, 0.6) is 0 Å². The Labute approximate surface area is 130 Å². The zero-order valence-corrected chi connectivity index (χ0v) is 13.0. The van der Waals surface area contributed by atoms with Crippen LogP contribution in [-0.4, -0.2) is 13.1 Å². The Morgan fingerprint density at radius 3 is 2.68 bits per heavy atom. The summed E-state index contributed by atoms with van der Waals surface area (Å²) in [6.07, 6.45) is 6.32. The van der Waals surface area contributed by atoms with E-state index in [-0.39, 0.29) is 5.97 Å². The molecule has 0 fully saturated rings. The van der Waals surface area contributed by atoms with Crippen LogP contribution in [0.2, 0.25) is 0 Å². The Morgan fingerprint density at radius 2 is 1.91 bits per heavy atom. The van der Waals surface area contributed by atoms with Crippen molar-refractivity contribution in [2.75, 3.05) is 7.11 Å². The molecule has 0 N–H and O–H groups in total. The van der Waals surface area contributed by atoms with Crippen LogP contribution in [0.1, 0.15) is 36.7 Å². The number of ether oxygens (including phenoxy) is 1. The summed E-state index contributed by atoms with van der Waals surface area (Å²) >= 11 is 0. The van der Waals surface area contributed by atoms with Gasteiger partial charge < -0.3 is 9.15 Å². The standard InChI is InChI=1S/C19H20O3/c1-13(11-19(20)21-2)17-9-10-18(22-17)16-8-7-14-5-3-4-6-15(14)12-16/h7-12H,3-6H2,1-2H3/b13-11+. The third-order valence-electron chi connectivity index (χ3n) is 4.16. The lowest BCUT2D eigenvalue weighted by atomic mass is 9.90. The molecule has 114 valence electrons. The SMILES string of the molecule is COC(=O)/C=C(\C)c1ccc(-c2ccc3c(c2)CCCC3)o1. The molecule has 0 amide bonds. The molecule has 1 heterocycles. The number of esters is 1. The van der Waals surface area contributed by atoms with Gasteiger partial charge in [0.05, 0.1) is 7.11 Å². The Kier molecular flexibility index (Phi) is 4.14. The molecule has 3 nitrogen and oxygen atoms in total. The number of fused-ring (bicyclic) bond motifs is 1. The quantitative estimate of drug-likeness (QED) is 0.622. The summed E-state index contributed by atoms with van der Waals surface area (Å²) in [5.41, 5.74) is 4.75. The number of furan rings is 1. The molecule has 0 spiro atoms. The van der Waals surface area contributed by atoms with Crippen molar-refractivity contribution in [2.24, 2.45) is 0 Å². The first-order valence-electron chi connectivity index (χ1n) is 7.66. The molecule has 3 rings (SSSR count). The molecule has 1 aromatic carbocycles. The summed E-state index contributed by atoms with van der Waals surface area (Å²) < 4.78 is 10.5. The summed E-state index contributed by atoms with van der Waals surface area (Å²) in [7, 11) is 1.37. The van der Waals surface area contributed by atoms with Gasteiger partial charge in [-0.1, -0.05) is 12.1 Å². The molecule has 0 saturated carbocycles. The number of methoxy groups -OCH3 is 1. The molecule has 1 aliphatic rings. The van der Waals surface area contributed by atoms with Crippen molar-refractivity contribution < 1.29 is 13.9 Å². The average molecular weight is 296 g/mol. The van der Waals surface area contributed by atoms with Gasteiger partial charge >= 0.3 is 5.97 Å². The first-order valence-corrected chi connectivity index (χ1v) is 7.66. The lowest BCUT2D eigenvalue weighted by molar-refractivity contribution is -0.134. The van der Waals surface area contributed by atoms with E-state index in [9.17, 15) is 4.79 Å². The second kappa shape index (κ2) is 6.22. The van der Waals surface area contributed by atoms with E-state index in [0.717, 1.165) is 23.3 Å². The molecule has 0 atom stereocenters. The number of hydrogen-bond donors (Lipinski definition) is 0. The highest BCUT2D eigenvalue weighted by Crippen LogP contribution is 2.30. The maximum absolute atomic E-state index is 11.3. The smallest absolute Gasteiger partial charge is 0.330 e. The summed E-state index contributed by atoms with van der Waals surface area (Å²) in [6.45, 7) is 1.84. The number of rotatable bonds is 3. The van der Waals surface area contributed by atoms with Gasteiger partial charge in [-0.2, -0.15) is 0 Å². The second-order valence-corrected chi connectivity index (χ2v) is 5.71. The minimum absolute atomic E-state index is 0.371. The second-order valence-electron chi connectivity index (χ2n) is 5.71. The number of aryl methyl sites for hydroxylation is 2. The van der Waals surface area contributed by atoms with Crippen molar-refractivity contribution in [1.82, 2.24) is 0 Å². The summed E-state index contributed by atoms with van der Waals surface area (Å²) in [5.74, 6) is 1.16. The first-order chi connectivity index (χ1) is 10.7. The largest absolute Gasteiger partial charge is 0.466 e. The fourth-order valence-corrected chi connectivity index (χ4v) is 2.90. The first kappa shape index (κ1) is 14.6. The number of hydrogen-bond acceptors (Lipinski definition) is 3. The molecule has 2 aromatic rings. The van der Waals surface area contributed by atoms with Gasteiger partial charge in [-0.25, -0.2) is 4.79 Å². The Hall–Kier alpha value is -2.29. The molecular formula is C19H20O3. The highest BCUT2D eigenvalue weighted by Gasteiger charge is 2.12. The van der Waals surface area contributed by atoms with Crippen LogP contribution in [0.3, 0.4) is 0 Å². The van der Waals surface area contributed by atoms with Crippen LogP contribution in [0, 0.1) is 0 Å². The normalized spacial score (nSPS) is 14.5. The van der Waals surface area contributed by atoms with Crippen molar-refractivity contribution >= 4 is 11.5 Å². The van der Waals surface area contributed by atoms with Gasteiger partial charge in [0.25, 0.3) is 0 Å². The molecule has 22 heavy (non-hydrogen) atoms. The van der Waals surface area contributed by atoms with E-state index in [2.05, 4.69) is 22.9 Å². The van der Waals surface area contributed by atoms with E-state index in [1.54, 1.807) is 0 Å². The molecule has 0 radical (unpaired) electrons. The molecule has 0 bridgehead atoms. The highest BCUT2D eigenvalue weighted by atomic mass is 16.5. The zero-order valence-electron chi connectivity index (χ0n) is 13.0. The van der Waals surface area contributed by atoms with Gasteiger partial charge in [0.2, 0.25) is 0 Å². The van der Waals surface area contributed by atoms with Gasteiger partial charge in [0.1, 0.15) is 11.5 Å². The van der Waals surface area contributed by atoms with E-state index < -0.39 is 0 Å². The van der Waals surface area contributed by atoms with Crippen molar-refractivity contribution in [1.29, 1.82) is 0 Å².